The van der Waals surface area contributed by atoms with Crippen LogP contribution in [-0.4, -0.2) is 392 Å². The van der Waals surface area contributed by atoms with Gasteiger partial charge in [-0.2, -0.15) is 0 Å². The van der Waals surface area contributed by atoms with Gasteiger partial charge in [0, 0.05) is 6.92 Å². The topological polar surface area (TPSA) is 630 Å². The second-order valence-corrected chi connectivity index (χ2v) is 36.6. The average Bonchev–Trinajstić information content (AvgIpc) is 0.668. The van der Waals surface area contributed by atoms with Crippen LogP contribution in [0.1, 0.15) is 121 Å². The van der Waals surface area contributed by atoms with Crippen LogP contribution in [0.5, 0.6) is 0 Å². The van der Waals surface area contributed by atoms with Gasteiger partial charge in [-0.15, -0.1) is 0 Å². The van der Waals surface area contributed by atoms with E-state index in [-0.39, 0.29) is 25.2 Å². The van der Waals surface area contributed by atoms with E-state index in [0.717, 1.165) is 13.2 Å². The molecule has 0 bridgehead atoms. The lowest BCUT2D eigenvalue weighted by Gasteiger charge is -2.72. The number of carboxylic acids is 1. The molecule has 0 amide bonds. The number of aliphatic carboxylic acids is 1. The summed E-state index contributed by atoms with van der Waals surface area (Å²) in [5.74, 6) is -5.68. The molecule has 13 aliphatic rings. The first-order valence-corrected chi connectivity index (χ1v) is 40.7. The monoisotopic (exact) mass is 1700 g/mol. The van der Waals surface area contributed by atoms with Crippen molar-refractivity contribution in [3.05, 3.63) is 12.2 Å². The van der Waals surface area contributed by atoms with Crippen LogP contribution in [0.25, 0.3) is 0 Å². The highest BCUT2D eigenvalue weighted by Crippen LogP contribution is 2.76. The van der Waals surface area contributed by atoms with E-state index in [2.05, 4.69) is 32.9 Å². The van der Waals surface area contributed by atoms with Crippen molar-refractivity contribution in [2.24, 2.45) is 56.2 Å². The minimum atomic E-state index is -2.25. The molecule has 0 spiro atoms. The standard InChI is InChI=1S/C77H120O41/c1-26-54(108-29(4)80)44(89)49(94)66(105-26)112-56-28(3)107-69(60(51(56)96)116-67-50(95)45(90)55(27(2)106-67)111-65-53(98)57(34(83)24-104-65)113-63-46(91)40(85)32(81)22-102-63)118-71(101)77-18-17-72(5,6)19-31(77)30-11-12-37-73(7)15-14-39(74(8,25-79)36(73)13-16-75(37,9)76(30,10)20-38(77)84)110-70-61(117-68-48(93)43(88)42(87)35(21-78)109-68)58(52(97)59(115-70)62(99)100)114-64-47(92)41(86)33(82)23-103-64/h11-12,25-28,30-61,63-70,78,81-98H,13-24H2,1-10H3,(H,99,100)/t26-,27+,28-,30+,31+,32-,33-,34-,35-,36-,37-,38-,39+,40+,41+,42+,43+,44-,45+,46-,47-,48-,49-,50-,51+,52+,53-,54-,55+,56+,57+,58+,59+,60-,61-,63+,64+,65+,66+,67+,68+,69+,70-,73+,74+,75-,76-,77-/m1/s1. The number of rotatable bonds is 20. The van der Waals surface area contributed by atoms with Crippen molar-refractivity contribution in [3.8, 4) is 0 Å². The minimum Gasteiger partial charge on any atom is -0.479 e. The Morgan fingerprint density at radius 2 is 0.941 bits per heavy atom. The molecule has 0 unspecified atom stereocenters. The molecule has 41 heteroatoms. The molecule has 20 N–H and O–H groups in total. The Hall–Kier alpha value is -3.54. The van der Waals surface area contributed by atoms with Crippen molar-refractivity contribution in [2.75, 3.05) is 26.4 Å². The van der Waals surface area contributed by atoms with Gasteiger partial charge in [-0.3, -0.25) is 9.59 Å². The first kappa shape index (κ1) is 92.1. The molecule has 0 aromatic rings. The first-order chi connectivity index (χ1) is 55.3. The Bertz CT molecular complexity index is 3510. The maximum absolute atomic E-state index is 16.2. The fourth-order valence-electron chi connectivity index (χ4n) is 21.8. The number of aldehydes is 1. The van der Waals surface area contributed by atoms with Crippen LogP contribution in [-0.2, 0) is 99.7 Å². The molecule has 12 fully saturated rings. The van der Waals surface area contributed by atoms with Crippen molar-refractivity contribution in [3.63, 3.8) is 0 Å². The highest BCUT2D eigenvalue weighted by Gasteiger charge is 2.74. The van der Waals surface area contributed by atoms with Gasteiger partial charge in [0.05, 0.1) is 67.8 Å². The van der Waals surface area contributed by atoms with Gasteiger partial charge < -0.3 is 187 Å². The van der Waals surface area contributed by atoms with E-state index < -0.39 is 334 Å². The second kappa shape index (κ2) is 35.0. The number of hydrogen-bond donors (Lipinski definition) is 20. The van der Waals surface area contributed by atoms with Crippen LogP contribution in [0.15, 0.2) is 12.2 Å². The van der Waals surface area contributed by atoms with Crippen LogP contribution in [0, 0.1) is 56.2 Å². The number of carbonyl (C=O) groups is 4. The van der Waals surface area contributed by atoms with Crippen LogP contribution in [0.2, 0.25) is 0 Å². The van der Waals surface area contributed by atoms with E-state index in [4.69, 9.17) is 80.5 Å². The van der Waals surface area contributed by atoms with Gasteiger partial charge in [-0.1, -0.05) is 53.7 Å². The molecule has 4 saturated carbocycles. The van der Waals surface area contributed by atoms with E-state index in [1.807, 2.05) is 13.8 Å². The molecular weight excluding hydrogens is 1580 g/mol. The number of esters is 2. The Kier molecular flexibility index (Phi) is 27.3. The quantitative estimate of drug-likeness (QED) is 0.0233. The molecule has 48 atom stereocenters. The van der Waals surface area contributed by atoms with Gasteiger partial charge in [0.2, 0.25) is 6.29 Å². The first-order valence-electron chi connectivity index (χ1n) is 40.7. The number of carboxylic acid groups (broad SMARTS) is 1. The summed E-state index contributed by atoms with van der Waals surface area (Å²) < 4.78 is 102. The van der Waals surface area contributed by atoms with Gasteiger partial charge in [0.25, 0.3) is 0 Å². The molecular formula is C77H120O41. The largest absolute Gasteiger partial charge is 0.479 e. The third-order valence-corrected chi connectivity index (χ3v) is 28.8. The Morgan fingerprint density at radius 1 is 0.441 bits per heavy atom. The van der Waals surface area contributed by atoms with E-state index >= 15 is 4.79 Å². The van der Waals surface area contributed by atoms with Gasteiger partial charge in [-0.05, 0) is 117 Å². The normalized spacial score (nSPS) is 54.7. The van der Waals surface area contributed by atoms with Crippen LogP contribution < -0.4 is 0 Å². The van der Waals surface area contributed by atoms with Crippen LogP contribution in [0.3, 0.4) is 0 Å². The maximum Gasteiger partial charge on any atom is 0.335 e. The van der Waals surface area contributed by atoms with E-state index in [9.17, 15) is 117 Å². The molecule has 674 valence electrons. The number of fused-ring (bicyclic) bond motifs is 7. The van der Waals surface area contributed by atoms with Gasteiger partial charge in [0.1, 0.15) is 147 Å². The Labute approximate surface area is 678 Å². The van der Waals surface area contributed by atoms with Gasteiger partial charge in [0.15, 0.2) is 62.3 Å². The fraction of sp³-hybridized carbons (Fsp3) is 0.922. The molecule has 0 aromatic carbocycles. The summed E-state index contributed by atoms with van der Waals surface area (Å²) in [4.78, 5) is 55.7. The second-order valence-electron chi connectivity index (χ2n) is 36.6. The molecule has 8 saturated heterocycles. The van der Waals surface area contributed by atoms with E-state index in [0.29, 0.717) is 32.1 Å². The van der Waals surface area contributed by atoms with Crippen molar-refractivity contribution in [1.82, 2.24) is 0 Å². The van der Waals surface area contributed by atoms with Gasteiger partial charge >= 0.3 is 17.9 Å². The zero-order valence-electron chi connectivity index (χ0n) is 67.1. The molecule has 41 nitrogen and oxygen atoms in total. The zero-order chi connectivity index (χ0) is 86.2. The van der Waals surface area contributed by atoms with Crippen molar-refractivity contribution < 1.29 is 202 Å². The molecule has 0 radical (unpaired) electrons. The van der Waals surface area contributed by atoms with Crippen LogP contribution in [0.4, 0.5) is 0 Å². The van der Waals surface area contributed by atoms with Crippen LogP contribution >= 0.6 is 0 Å². The van der Waals surface area contributed by atoms with Crippen molar-refractivity contribution in [2.45, 2.75) is 360 Å². The molecule has 118 heavy (non-hydrogen) atoms. The predicted octanol–water partition coefficient (Wildman–Crippen LogP) is -7.07. The average molecular weight is 1700 g/mol. The third kappa shape index (κ3) is 16.2. The summed E-state index contributed by atoms with van der Waals surface area (Å²) in [7, 11) is 0. The maximum atomic E-state index is 16.2. The molecule has 8 aliphatic heterocycles. The summed E-state index contributed by atoms with van der Waals surface area (Å²) in [6, 6.07) is 0. The fourth-order valence-corrected chi connectivity index (χ4v) is 21.8. The third-order valence-electron chi connectivity index (χ3n) is 28.8. The lowest BCUT2D eigenvalue weighted by molar-refractivity contribution is -0.391. The predicted molar refractivity (Wildman–Crippen MR) is 383 cm³/mol. The summed E-state index contributed by atoms with van der Waals surface area (Å²) in [5, 5.41) is 224. The summed E-state index contributed by atoms with van der Waals surface area (Å²) in [6.07, 6.45) is -63.1. The number of aliphatic hydroxyl groups is 19. The molecule has 0 aromatic heterocycles. The molecule has 13 rings (SSSR count). The summed E-state index contributed by atoms with van der Waals surface area (Å²) in [5.41, 5.74) is -6.13. The SMILES string of the molecule is CC(=O)O[C@H]1[C@H](O)[C@@H](O)[C@H](O[C@@H]2[C@H](O)[C@@H](O[C@@H]3O[C@@H](C)[C@H](O[C@@H]4OC[C@@H](O)[C@H](O[C@@H]5OC[C@@H](O)[C@H](O)[C@H]5O)[C@H]4O)[C@@H](O)[C@H]3O)[C@H](OC(=O)[C@]34CCC(C)(C)C[C@H]3[C@@H]3C=C[C@@H]5[C@@]6(C)CC[C@H](O[C@@H]7O[C@H](C(=O)O)[C@@H](O)[C@H](O[C@@H]8OC[C@@H](O)[C@H](O)[C@H]8O)[C@H]7O[C@@H]7O[C@H](CO)[C@H](O)[C@H](O)[C@H]7O)[C@@](C)(C=O)[C@@H]6CC[C@@]5(C)[C@]3(C)C[C@H]4O)O[C@@H]2C)O[C@@H]1C. The Morgan fingerprint density at radius 3 is 1.53 bits per heavy atom. The van der Waals surface area contributed by atoms with Gasteiger partial charge in [-0.25, -0.2) is 4.79 Å². The van der Waals surface area contributed by atoms with Crippen molar-refractivity contribution >= 4 is 24.2 Å². The highest BCUT2D eigenvalue weighted by atomic mass is 16.8. The van der Waals surface area contributed by atoms with E-state index in [1.54, 1.807) is 6.92 Å². The number of allylic oxidation sites excluding steroid dienone is 2. The number of hydrogen-bond acceptors (Lipinski definition) is 40. The van der Waals surface area contributed by atoms with E-state index in [1.165, 1.54) is 20.8 Å². The van der Waals surface area contributed by atoms with Crippen molar-refractivity contribution in [1.29, 1.82) is 0 Å². The smallest absolute Gasteiger partial charge is 0.335 e. The lowest BCUT2D eigenvalue weighted by Crippen LogP contribution is -2.70. The summed E-state index contributed by atoms with van der Waals surface area (Å²) in [6.45, 7) is 14.8. The highest BCUT2D eigenvalue weighted by molar-refractivity contribution is 5.79. The Balaban J connectivity index is 0.769. The number of aliphatic hydroxyl groups excluding tert-OH is 19. The number of carbonyl (C=O) groups excluding carboxylic acids is 3. The number of ether oxygens (including phenoxy) is 17. The minimum absolute atomic E-state index is 0.00612. The summed E-state index contributed by atoms with van der Waals surface area (Å²) >= 11 is 0. The zero-order valence-corrected chi connectivity index (χ0v) is 67.1. The molecule has 8 heterocycles. The lowest BCUT2D eigenvalue weighted by atomic mass is 9.32. The molecule has 5 aliphatic carbocycles.